The maximum atomic E-state index is 5.58. The van der Waals surface area contributed by atoms with Crippen molar-refractivity contribution < 1.29 is 4.74 Å². The van der Waals surface area contributed by atoms with Gasteiger partial charge in [-0.2, -0.15) is 5.10 Å². The molecule has 0 saturated carbocycles. The molecule has 4 nitrogen and oxygen atoms in total. The molecule has 0 radical (unpaired) electrons. The highest BCUT2D eigenvalue weighted by Crippen LogP contribution is 2.27. The Kier molecular flexibility index (Phi) is 3.67. The van der Waals surface area contributed by atoms with Crippen LogP contribution in [-0.2, 0) is 6.42 Å². The third-order valence-corrected chi connectivity index (χ3v) is 3.17. The van der Waals surface area contributed by atoms with Gasteiger partial charge in [0.25, 0.3) is 0 Å². The predicted molar refractivity (Wildman–Crippen MR) is 72.8 cm³/mol. The van der Waals surface area contributed by atoms with Gasteiger partial charge < -0.3 is 10.5 Å². The maximum Gasteiger partial charge on any atom is 0.121 e. The number of H-pyrrole nitrogens is 1. The smallest absolute Gasteiger partial charge is 0.121 e. The Morgan fingerprint density at radius 3 is 2.72 bits per heavy atom. The van der Waals surface area contributed by atoms with Crippen molar-refractivity contribution in [3.8, 4) is 17.0 Å². The Morgan fingerprint density at radius 2 is 2.11 bits per heavy atom. The highest BCUT2D eigenvalue weighted by Gasteiger charge is 2.11. The molecule has 0 atom stereocenters. The second kappa shape index (κ2) is 5.23. The molecular weight excluding hydrogens is 226 g/mol. The van der Waals surface area contributed by atoms with Crippen molar-refractivity contribution in [2.75, 3.05) is 13.7 Å². The minimum absolute atomic E-state index is 0.629. The van der Waals surface area contributed by atoms with E-state index in [1.165, 1.54) is 5.56 Å². The van der Waals surface area contributed by atoms with Crippen molar-refractivity contribution in [1.82, 2.24) is 10.2 Å². The summed E-state index contributed by atoms with van der Waals surface area (Å²) >= 11 is 0. The lowest BCUT2D eigenvalue weighted by atomic mass is 10.0. The van der Waals surface area contributed by atoms with Gasteiger partial charge in [0.2, 0.25) is 0 Å². The fourth-order valence-corrected chi connectivity index (χ4v) is 2.13. The Labute approximate surface area is 107 Å². The first-order chi connectivity index (χ1) is 8.67. The number of nitrogens with zero attached hydrogens (tertiary/aromatic N) is 1. The lowest BCUT2D eigenvalue weighted by Crippen LogP contribution is -2.03. The number of benzene rings is 1. The molecule has 3 N–H and O–H groups in total. The summed E-state index contributed by atoms with van der Waals surface area (Å²) < 4.78 is 5.27. The molecule has 18 heavy (non-hydrogen) atoms. The number of aryl methyl sites for hydroxylation is 1. The van der Waals surface area contributed by atoms with Crippen LogP contribution >= 0.6 is 0 Å². The topological polar surface area (TPSA) is 63.9 Å². The molecule has 2 aromatic rings. The zero-order valence-electron chi connectivity index (χ0n) is 11.1. The molecule has 2 rings (SSSR count). The monoisotopic (exact) mass is 245 g/mol. The molecule has 4 heteroatoms. The first-order valence-corrected chi connectivity index (χ1v) is 6.06. The van der Waals surface area contributed by atoms with E-state index in [1.54, 1.807) is 7.11 Å². The number of nitrogens with two attached hydrogens (primary N) is 1. The number of hydrogen-bond donors (Lipinski definition) is 2. The highest BCUT2D eigenvalue weighted by atomic mass is 16.5. The second-order valence-electron chi connectivity index (χ2n) is 4.40. The van der Waals surface area contributed by atoms with Gasteiger partial charge in [0.05, 0.1) is 12.8 Å². The minimum atomic E-state index is 0.629. The normalized spacial score (nSPS) is 10.7. The molecule has 0 aliphatic carbocycles. The van der Waals surface area contributed by atoms with Crippen LogP contribution in [0.4, 0.5) is 0 Å². The van der Waals surface area contributed by atoms with Crippen LogP contribution in [0.3, 0.4) is 0 Å². The van der Waals surface area contributed by atoms with Gasteiger partial charge in [-0.1, -0.05) is 0 Å². The molecule has 0 unspecified atom stereocenters. The van der Waals surface area contributed by atoms with Crippen molar-refractivity contribution >= 4 is 0 Å². The molecule has 1 aromatic carbocycles. The number of aromatic nitrogens is 2. The maximum absolute atomic E-state index is 5.58. The van der Waals surface area contributed by atoms with Gasteiger partial charge in [-0.15, -0.1) is 0 Å². The van der Waals surface area contributed by atoms with Crippen LogP contribution in [0.2, 0.25) is 0 Å². The van der Waals surface area contributed by atoms with E-state index in [1.807, 2.05) is 19.1 Å². The lowest BCUT2D eigenvalue weighted by molar-refractivity contribution is 0.412. The number of methoxy groups -OCH3 is 1. The molecule has 0 spiro atoms. The van der Waals surface area contributed by atoms with Gasteiger partial charge >= 0.3 is 0 Å². The van der Waals surface area contributed by atoms with Crippen molar-refractivity contribution in [2.45, 2.75) is 20.3 Å². The van der Waals surface area contributed by atoms with E-state index in [9.17, 15) is 0 Å². The Hall–Kier alpha value is -1.81. The summed E-state index contributed by atoms with van der Waals surface area (Å²) in [6, 6.07) is 6.09. The largest absolute Gasteiger partial charge is 0.496 e. The summed E-state index contributed by atoms with van der Waals surface area (Å²) in [7, 11) is 1.68. The minimum Gasteiger partial charge on any atom is -0.496 e. The fraction of sp³-hybridized carbons (Fsp3) is 0.357. The zero-order valence-corrected chi connectivity index (χ0v) is 11.1. The molecule has 1 aromatic heterocycles. The van der Waals surface area contributed by atoms with Crippen LogP contribution < -0.4 is 10.5 Å². The van der Waals surface area contributed by atoms with Crippen LogP contribution in [0.1, 0.15) is 16.8 Å². The Balaban J connectivity index is 2.39. The van der Waals surface area contributed by atoms with Crippen molar-refractivity contribution in [2.24, 2.45) is 5.73 Å². The quantitative estimate of drug-likeness (QED) is 0.868. The number of nitrogens with one attached hydrogen (secondary N) is 1. The van der Waals surface area contributed by atoms with Crippen molar-refractivity contribution in [3.05, 3.63) is 35.0 Å². The van der Waals surface area contributed by atoms with E-state index in [0.717, 1.165) is 34.7 Å². The van der Waals surface area contributed by atoms with Gasteiger partial charge in [0.1, 0.15) is 5.75 Å². The number of rotatable bonds is 4. The van der Waals surface area contributed by atoms with E-state index in [2.05, 4.69) is 23.2 Å². The molecule has 0 fully saturated rings. The average molecular weight is 245 g/mol. The number of ether oxygens (including phenoxy) is 1. The van der Waals surface area contributed by atoms with Crippen LogP contribution in [-0.4, -0.2) is 23.9 Å². The van der Waals surface area contributed by atoms with E-state index in [4.69, 9.17) is 10.5 Å². The molecule has 96 valence electrons. The van der Waals surface area contributed by atoms with Gasteiger partial charge in [-0.05, 0) is 49.7 Å². The predicted octanol–water partition coefficient (Wildman–Crippen LogP) is 2.20. The van der Waals surface area contributed by atoms with Gasteiger partial charge in [-0.25, -0.2) is 0 Å². The summed E-state index contributed by atoms with van der Waals surface area (Å²) in [5.74, 6) is 0.897. The third-order valence-electron chi connectivity index (χ3n) is 3.17. The van der Waals surface area contributed by atoms with E-state index in [0.29, 0.717) is 6.54 Å². The second-order valence-corrected chi connectivity index (χ2v) is 4.40. The summed E-state index contributed by atoms with van der Waals surface area (Å²) in [5, 5.41) is 7.44. The van der Waals surface area contributed by atoms with Gasteiger partial charge in [0, 0.05) is 17.7 Å². The third kappa shape index (κ3) is 2.24. The standard InChI is InChI=1S/C14H19N3O/c1-9-8-11(4-5-13(9)18-3)14-10(2)12(6-7-15)16-17-14/h4-5,8H,6-7,15H2,1-3H3,(H,16,17). The summed E-state index contributed by atoms with van der Waals surface area (Å²) in [6.07, 6.45) is 0.827. The lowest BCUT2D eigenvalue weighted by Gasteiger charge is -2.06. The van der Waals surface area contributed by atoms with Gasteiger partial charge in [-0.3, -0.25) is 5.10 Å². The SMILES string of the molecule is COc1ccc(-c2n[nH]c(CCN)c2C)cc1C. The molecule has 0 amide bonds. The van der Waals surface area contributed by atoms with E-state index < -0.39 is 0 Å². The molecular formula is C14H19N3O. The van der Waals surface area contributed by atoms with E-state index in [-0.39, 0.29) is 0 Å². The Bertz CT molecular complexity index is 546. The first kappa shape index (κ1) is 12.6. The molecule has 1 heterocycles. The fourth-order valence-electron chi connectivity index (χ4n) is 2.13. The van der Waals surface area contributed by atoms with Crippen LogP contribution in [0.15, 0.2) is 18.2 Å². The summed E-state index contributed by atoms with van der Waals surface area (Å²) in [6.45, 7) is 4.73. The molecule has 0 aliphatic rings. The van der Waals surface area contributed by atoms with Crippen molar-refractivity contribution in [1.29, 1.82) is 0 Å². The van der Waals surface area contributed by atoms with Crippen LogP contribution in [0.25, 0.3) is 11.3 Å². The van der Waals surface area contributed by atoms with Crippen LogP contribution in [0, 0.1) is 13.8 Å². The summed E-state index contributed by atoms with van der Waals surface area (Å²) in [4.78, 5) is 0. The molecule has 0 saturated heterocycles. The van der Waals surface area contributed by atoms with Gasteiger partial charge in [0.15, 0.2) is 0 Å². The Morgan fingerprint density at radius 1 is 1.33 bits per heavy atom. The van der Waals surface area contributed by atoms with Crippen LogP contribution in [0.5, 0.6) is 5.75 Å². The number of aromatic amines is 1. The number of hydrogen-bond acceptors (Lipinski definition) is 3. The zero-order chi connectivity index (χ0) is 13.1. The van der Waals surface area contributed by atoms with E-state index >= 15 is 0 Å². The summed E-state index contributed by atoms with van der Waals surface area (Å²) in [5.41, 5.74) is 11.1. The molecule has 0 bridgehead atoms. The first-order valence-electron chi connectivity index (χ1n) is 6.06. The van der Waals surface area contributed by atoms with Crippen molar-refractivity contribution in [3.63, 3.8) is 0 Å². The average Bonchev–Trinajstić information content (AvgIpc) is 2.72. The highest BCUT2D eigenvalue weighted by molar-refractivity contribution is 5.65. The molecule has 0 aliphatic heterocycles.